The summed E-state index contributed by atoms with van der Waals surface area (Å²) in [7, 11) is 1.00. The molecule has 0 fully saturated rings. The standard InChI is InChI=1S/C32H34N8O5.CH4O/c1-18(2)39-29-31(43)40(17-27(41)36-14-19-3-7-21(8-4-19)28(34)35)26(16-37-29)23-11-24(13-25(33)12-23)30(42)38-15-20-5-9-22(10-6-20)32(44)45;1-2/h3-13,16,18H,14-15,17,33H2,1-2H3,(H3,34,35)(H,36,41)(H,37,39)(H,38,42)(H,44,45);2H,1H3. The second-order valence-electron chi connectivity index (χ2n) is 10.6. The molecule has 0 aliphatic heterocycles. The number of carbonyl (C=O) groups excluding carboxylic acids is 2. The first kappa shape index (κ1) is 35.5. The van der Waals surface area contributed by atoms with E-state index in [4.69, 9.17) is 27.1 Å². The fourth-order valence-corrected chi connectivity index (χ4v) is 4.43. The lowest BCUT2D eigenvalue weighted by molar-refractivity contribution is -0.121. The zero-order chi connectivity index (χ0) is 34.7. The van der Waals surface area contributed by atoms with Gasteiger partial charge in [0.2, 0.25) is 5.91 Å². The second-order valence-corrected chi connectivity index (χ2v) is 10.6. The first-order chi connectivity index (χ1) is 22.4. The molecule has 0 bridgehead atoms. The van der Waals surface area contributed by atoms with E-state index in [0.29, 0.717) is 16.7 Å². The molecule has 0 aliphatic carbocycles. The van der Waals surface area contributed by atoms with Crippen molar-refractivity contribution in [2.75, 3.05) is 18.2 Å². The van der Waals surface area contributed by atoms with E-state index >= 15 is 0 Å². The van der Waals surface area contributed by atoms with Crippen LogP contribution < -0.4 is 33.0 Å². The van der Waals surface area contributed by atoms with Gasteiger partial charge in [-0.05, 0) is 55.3 Å². The Morgan fingerprint density at radius 1 is 0.894 bits per heavy atom. The summed E-state index contributed by atoms with van der Waals surface area (Å²) in [5.74, 6) is -1.92. The number of rotatable bonds is 12. The van der Waals surface area contributed by atoms with Gasteiger partial charge in [0.25, 0.3) is 11.5 Å². The van der Waals surface area contributed by atoms with Gasteiger partial charge >= 0.3 is 5.97 Å². The highest BCUT2D eigenvalue weighted by Crippen LogP contribution is 2.23. The molecule has 10 N–H and O–H groups in total. The van der Waals surface area contributed by atoms with Crippen LogP contribution in [0.3, 0.4) is 0 Å². The van der Waals surface area contributed by atoms with Gasteiger partial charge < -0.3 is 37.6 Å². The van der Waals surface area contributed by atoms with Gasteiger partial charge in [0.15, 0.2) is 5.82 Å². The molecule has 0 unspecified atom stereocenters. The zero-order valence-corrected chi connectivity index (χ0v) is 26.2. The summed E-state index contributed by atoms with van der Waals surface area (Å²) in [6, 6.07) is 17.5. The minimum Gasteiger partial charge on any atom is -0.478 e. The van der Waals surface area contributed by atoms with E-state index in [-0.39, 0.29) is 59.8 Å². The van der Waals surface area contributed by atoms with Crippen molar-refractivity contribution < 1.29 is 24.6 Å². The second kappa shape index (κ2) is 16.3. The van der Waals surface area contributed by atoms with Gasteiger partial charge in [-0.25, -0.2) is 9.78 Å². The molecule has 2 amide bonds. The number of nitrogen functional groups attached to an aromatic ring is 2. The molecule has 1 aromatic heterocycles. The van der Waals surface area contributed by atoms with Crippen molar-refractivity contribution in [2.45, 2.75) is 39.5 Å². The van der Waals surface area contributed by atoms with E-state index in [9.17, 15) is 19.2 Å². The zero-order valence-electron chi connectivity index (χ0n) is 26.2. The lowest BCUT2D eigenvalue weighted by Crippen LogP contribution is -2.35. The van der Waals surface area contributed by atoms with Crippen molar-refractivity contribution >= 4 is 35.1 Å². The summed E-state index contributed by atoms with van der Waals surface area (Å²) in [5, 5.41) is 32.2. The number of amidine groups is 1. The fourth-order valence-electron chi connectivity index (χ4n) is 4.43. The average molecular weight is 643 g/mol. The molecule has 0 aliphatic rings. The number of nitrogens with one attached hydrogen (secondary N) is 4. The van der Waals surface area contributed by atoms with Crippen LogP contribution in [0.2, 0.25) is 0 Å². The number of anilines is 2. The number of aromatic carboxylic acids is 1. The summed E-state index contributed by atoms with van der Waals surface area (Å²) < 4.78 is 1.27. The van der Waals surface area contributed by atoms with Crippen molar-refractivity contribution in [1.29, 1.82) is 5.41 Å². The van der Waals surface area contributed by atoms with Gasteiger partial charge in [-0.15, -0.1) is 0 Å². The van der Waals surface area contributed by atoms with Crippen LogP contribution in [0.25, 0.3) is 11.3 Å². The Bertz CT molecular complexity index is 1800. The van der Waals surface area contributed by atoms with Crippen LogP contribution in [0.4, 0.5) is 11.5 Å². The van der Waals surface area contributed by atoms with Crippen molar-refractivity contribution in [3.63, 3.8) is 0 Å². The Morgan fingerprint density at radius 3 is 2.02 bits per heavy atom. The maximum Gasteiger partial charge on any atom is 0.335 e. The predicted octanol–water partition coefficient (Wildman–Crippen LogP) is 2.15. The van der Waals surface area contributed by atoms with Crippen LogP contribution >= 0.6 is 0 Å². The molecule has 1 heterocycles. The van der Waals surface area contributed by atoms with Gasteiger partial charge in [0, 0.05) is 48.6 Å². The SMILES string of the molecule is CC(C)Nc1ncc(-c2cc(N)cc(C(=O)NCc3ccc(C(=O)O)cc3)c2)n(CC(=O)NCc2ccc(C(=N)N)cc2)c1=O.CO. The molecule has 4 rings (SSSR count). The molecule has 4 aromatic rings. The van der Waals surface area contributed by atoms with Crippen LogP contribution in [-0.4, -0.2) is 56.5 Å². The van der Waals surface area contributed by atoms with Crippen LogP contribution in [0.15, 0.2) is 77.7 Å². The lowest BCUT2D eigenvalue weighted by Gasteiger charge is -2.17. The third-order valence-electron chi connectivity index (χ3n) is 6.70. The minimum atomic E-state index is -1.04. The molecule has 0 atom stereocenters. The van der Waals surface area contributed by atoms with Gasteiger partial charge in [0.1, 0.15) is 12.4 Å². The van der Waals surface area contributed by atoms with Gasteiger partial charge in [-0.1, -0.05) is 36.4 Å². The Kier molecular flexibility index (Phi) is 12.3. The van der Waals surface area contributed by atoms with E-state index in [0.717, 1.165) is 12.7 Å². The molecule has 0 radical (unpaired) electrons. The average Bonchev–Trinajstić information content (AvgIpc) is 3.05. The summed E-state index contributed by atoms with van der Waals surface area (Å²) >= 11 is 0. The molecule has 14 heteroatoms. The Balaban J connectivity index is 0.00000294. The fraction of sp³-hybridized carbons (Fsp3) is 0.212. The maximum absolute atomic E-state index is 13.5. The number of nitrogens with zero attached hydrogens (tertiary/aromatic N) is 2. The number of benzene rings is 3. The first-order valence-corrected chi connectivity index (χ1v) is 14.4. The summed E-state index contributed by atoms with van der Waals surface area (Å²) in [6.45, 7) is 3.70. The third-order valence-corrected chi connectivity index (χ3v) is 6.70. The van der Waals surface area contributed by atoms with Crippen LogP contribution in [0, 0.1) is 5.41 Å². The molecule has 0 saturated heterocycles. The number of carboxylic acids is 1. The quantitative estimate of drug-likeness (QED) is 0.0636. The third kappa shape index (κ3) is 9.73. The Morgan fingerprint density at radius 2 is 1.47 bits per heavy atom. The molecule has 14 nitrogen and oxygen atoms in total. The van der Waals surface area contributed by atoms with E-state index in [1.54, 1.807) is 48.5 Å². The number of aliphatic hydroxyl groups is 1. The summed E-state index contributed by atoms with van der Waals surface area (Å²) in [6.07, 6.45) is 1.44. The normalized spacial score (nSPS) is 10.4. The van der Waals surface area contributed by atoms with Crippen molar-refractivity contribution in [3.8, 4) is 11.3 Å². The highest BCUT2D eigenvalue weighted by Gasteiger charge is 2.18. The molecule has 0 saturated carbocycles. The molecule has 246 valence electrons. The number of amides is 2. The van der Waals surface area contributed by atoms with Gasteiger partial charge in [-0.2, -0.15) is 0 Å². The lowest BCUT2D eigenvalue weighted by atomic mass is 10.1. The summed E-state index contributed by atoms with van der Waals surface area (Å²) in [4.78, 5) is 55.0. The minimum absolute atomic E-state index is 0.0598. The largest absolute Gasteiger partial charge is 0.478 e. The highest BCUT2D eigenvalue weighted by molar-refractivity contribution is 5.96. The Labute approximate surface area is 271 Å². The predicted molar refractivity (Wildman–Crippen MR) is 179 cm³/mol. The van der Waals surface area contributed by atoms with Gasteiger partial charge in [0.05, 0.1) is 17.5 Å². The van der Waals surface area contributed by atoms with Crippen LogP contribution in [0.1, 0.15) is 51.3 Å². The number of aliphatic hydroxyl groups excluding tert-OH is 1. The van der Waals surface area contributed by atoms with E-state index in [1.165, 1.54) is 29.0 Å². The van der Waals surface area contributed by atoms with Crippen LogP contribution in [-0.2, 0) is 24.4 Å². The van der Waals surface area contributed by atoms with E-state index in [1.807, 2.05) is 13.8 Å². The first-order valence-electron chi connectivity index (χ1n) is 14.4. The van der Waals surface area contributed by atoms with Crippen molar-refractivity contribution in [2.24, 2.45) is 5.73 Å². The highest BCUT2D eigenvalue weighted by atomic mass is 16.4. The Hall–Kier alpha value is -6.02. The molecule has 3 aromatic carbocycles. The van der Waals surface area contributed by atoms with E-state index in [2.05, 4.69) is 20.9 Å². The molecule has 47 heavy (non-hydrogen) atoms. The summed E-state index contributed by atoms with van der Waals surface area (Å²) in [5.41, 5.74) is 14.5. The number of hydrogen-bond acceptors (Lipinski definition) is 9. The number of aromatic nitrogens is 2. The smallest absolute Gasteiger partial charge is 0.335 e. The van der Waals surface area contributed by atoms with Crippen molar-refractivity contribution in [3.05, 3.63) is 111 Å². The molecule has 0 spiro atoms. The molecular formula is C33H38N8O6. The van der Waals surface area contributed by atoms with E-state index < -0.39 is 23.3 Å². The topological polar surface area (TPSA) is 239 Å². The van der Waals surface area contributed by atoms with Crippen molar-refractivity contribution in [1.82, 2.24) is 20.2 Å². The number of hydrogen-bond donors (Lipinski definition) is 8. The maximum atomic E-state index is 13.5. The van der Waals surface area contributed by atoms with Crippen LogP contribution in [0.5, 0.6) is 0 Å². The number of carboxylic acid groups (broad SMARTS) is 1. The number of nitrogens with two attached hydrogens (primary N) is 2. The monoisotopic (exact) mass is 642 g/mol. The van der Waals surface area contributed by atoms with Gasteiger partial charge in [-0.3, -0.25) is 24.4 Å². The number of carbonyl (C=O) groups is 3. The molecular weight excluding hydrogens is 604 g/mol.